The van der Waals surface area contributed by atoms with Gasteiger partial charge in [-0.2, -0.15) is 5.10 Å². The van der Waals surface area contributed by atoms with Gasteiger partial charge in [0.25, 0.3) is 0 Å². The molecular formula is C38H59N3O3. The fourth-order valence-electron chi connectivity index (χ4n) is 12.4. The summed E-state index contributed by atoms with van der Waals surface area (Å²) in [6.07, 6.45) is 13.9. The van der Waals surface area contributed by atoms with Crippen molar-refractivity contribution in [3.05, 3.63) is 29.1 Å². The molecule has 0 saturated heterocycles. The van der Waals surface area contributed by atoms with Crippen LogP contribution in [0, 0.1) is 57.2 Å². The topological polar surface area (TPSA) is 84.1 Å². The first kappa shape index (κ1) is 31.9. The largest absolute Gasteiger partial charge is 0.467 e. The van der Waals surface area contributed by atoms with E-state index in [4.69, 9.17) is 4.74 Å². The molecule has 6 rings (SSSR count). The Hall–Kier alpha value is -2.11. The summed E-state index contributed by atoms with van der Waals surface area (Å²) in [6.45, 7) is 21.7. The minimum atomic E-state index is -0.592. The molecule has 2 N–H and O–H groups in total. The van der Waals surface area contributed by atoms with Gasteiger partial charge in [-0.25, -0.2) is 4.79 Å². The average molecular weight is 606 g/mol. The van der Waals surface area contributed by atoms with E-state index in [1.807, 2.05) is 0 Å². The monoisotopic (exact) mass is 605 g/mol. The molecule has 3 fully saturated rings. The molecule has 1 aromatic rings. The number of ether oxygens (including phenoxy) is 1. The average Bonchev–Trinajstić information content (AvgIpc) is 3.43. The van der Waals surface area contributed by atoms with Crippen LogP contribution in [0.1, 0.15) is 125 Å². The minimum absolute atomic E-state index is 0.0458. The van der Waals surface area contributed by atoms with Gasteiger partial charge in [0.1, 0.15) is 6.04 Å². The van der Waals surface area contributed by atoms with Crippen molar-refractivity contribution in [1.82, 2.24) is 15.5 Å². The zero-order chi connectivity index (χ0) is 32.0. The van der Waals surface area contributed by atoms with Crippen molar-refractivity contribution in [3.63, 3.8) is 0 Å². The lowest BCUT2D eigenvalue weighted by molar-refractivity contribution is -0.170. The fraction of sp³-hybridized carbons (Fsp3) is 0.816. The standard InChI is InChI=1S/C38H59N3O3/c1-22(2)19-27(32(42)44-10)40-33(43)38-16-13-23(3)24(4)30(38)26-11-12-29-35(7)20-25-21-39-41-31(25)34(5,6)28(35)14-15-37(29,9)36(26,8)17-18-38/h11,21-24,27-30H,12-20H2,1-10H3,(H,39,41)(H,40,43)/t23-,24+,27?,28+,29-,30+,35+,36-,37-,38+/m1/s1. The third kappa shape index (κ3) is 4.20. The van der Waals surface area contributed by atoms with Crippen molar-refractivity contribution < 1.29 is 14.3 Å². The molecule has 1 aromatic heterocycles. The highest BCUT2D eigenvalue weighted by molar-refractivity contribution is 5.89. The zero-order valence-corrected chi connectivity index (χ0v) is 29.2. The Morgan fingerprint density at radius 1 is 1.05 bits per heavy atom. The van der Waals surface area contributed by atoms with Crippen LogP contribution in [-0.2, 0) is 26.2 Å². The van der Waals surface area contributed by atoms with E-state index in [1.165, 1.54) is 31.2 Å². The van der Waals surface area contributed by atoms with Crippen LogP contribution in [0.25, 0.3) is 0 Å². The van der Waals surface area contributed by atoms with Gasteiger partial charge in [0.15, 0.2) is 0 Å². The Bertz CT molecular complexity index is 1340. The molecule has 244 valence electrons. The van der Waals surface area contributed by atoms with Crippen molar-refractivity contribution >= 4 is 11.9 Å². The van der Waals surface area contributed by atoms with Crippen LogP contribution in [0.5, 0.6) is 0 Å². The molecule has 0 bridgehead atoms. The Morgan fingerprint density at radius 2 is 1.77 bits per heavy atom. The number of carbonyl (C=O) groups is 2. The van der Waals surface area contributed by atoms with Gasteiger partial charge in [0.2, 0.25) is 5.91 Å². The molecule has 5 aliphatic carbocycles. The molecule has 44 heavy (non-hydrogen) atoms. The number of allylic oxidation sites excluding steroid dienone is 2. The number of nitrogens with one attached hydrogen (secondary N) is 2. The quantitative estimate of drug-likeness (QED) is 0.265. The van der Waals surface area contributed by atoms with Crippen molar-refractivity contribution in [2.75, 3.05) is 7.11 Å². The van der Waals surface area contributed by atoms with Gasteiger partial charge in [-0.1, -0.05) is 74.0 Å². The van der Waals surface area contributed by atoms with Crippen molar-refractivity contribution in [1.29, 1.82) is 0 Å². The summed E-state index contributed by atoms with van der Waals surface area (Å²) in [5.41, 5.74) is 4.33. The molecule has 0 radical (unpaired) electrons. The molecule has 3 saturated carbocycles. The number of aromatic nitrogens is 2. The lowest BCUT2D eigenvalue weighted by Gasteiger charge is -2.71. The van der Waals surface area contributed by atoms with Gasteiger partial charge in [0, 0.05) is 11.1 Å². The number of esters is 1. The van der Waals surface area contributed by atoms with Crippen LogP contribution in [0.15, 0.2) is 17.8 Å². The number of rotatable bonds is 5. The summed E-state index contributed by atoms with van der Waals surface area (Å²) >= 11 is 0. The Kier molecular flexibility index (Phi) is 7.57. The van der Waals surface area contributed by atoms with Crippen LogP contribution < -0.4 is 5.32 Å². The van der Waals surface area contributed by atoms with E-state index < -0.39 is 11.5 Å². The number of hydrogen-bond donors (Lipinski definition) is 2. The third-order valence-corrected chi connectivity index (χ3v) is 15.0. The van der Waals surface area contributed by atoms with Crippen LogP contribution in [0.2, 0.25) is 0 Å². The fourth-order valence-corrected chi connectivity index (χ4v) is 12.4. The Balaban J connectivity index is 1.40. The van der Waals surface area contributed by atoms with Crippen molar-refractivity contribution in [2.24, 2.45) is 57.2 Å². The second-order valence-electron chi connectivity index (χ2n) is 17.7. The van der Waals surface area contributed by atoms with Crippen LogP contribution >= 0.6 is 0 Å². The van der Waals surface area contributed by atoms with E-state index in [1.54, 1.807) is 5.57 Å². The summed E-state index contributed by atoms with van der Waals surface area (Å²) in [6, 6.07) is -0.592. The molecule has 0 spiro atoms. The lowest BCUT2D eigenvalue weighted by atomic mass is 9.33. The first-order chi connectivity index (χ1) is 20.6. The van der Waals surface area contributed by atoms with Crippen molar-refractivity contribution in [2.45, 2.75) is 132 Å². The van der Waals surface area contributed by atoms with Crippen LogP contribution in [0.3, 0.4) is 0 Å². The Morgan fingerprint density at radius 3 is 2.45 bits per heavy atom. The number of hydrogen-bond acceptors (Lipinski definition) is 4. The highest BCUT2D eigenvalue weighted by atomic mass is 16.5. The number of fused-ring (bicyclic) bond motifs is 8. The molecule has 1 unspecified atom stereocenters. The van der Waals surface area contributed by atoms with E-state index in [-0.39, 0.29) is 45.4 Å². The molecule has 1 amide bonds. The number of methoxy groups -OCH3 is 1. The van der Waals surface area contributed by atoms with E-state index in [0.717, 1.165) is 38.5 Å². The second-order valence-corrected chi connectivity index (χ2v) is 17.7. The molecule has 6 heteroatoms. The number of aromatic amines is 1. The van der Waals surface area contributed by atoms with Gasteiger partial charge < -0.3 is 10.1 Å². The van der Waals surface area contributed by atoms with Gasteiger partial charge >= 0.3 is 5.97 Å². The van der Waals surface area contributed by atoms with Gasteiger partial charge in [0.05, 0.1) is 18.7 Å². The summed E-state index contributed by atoms with van der Waals surface area (Å²) in [5.74, 6) is 2.41. The van der Waals surface area contributed by atoms with E-state index in [9.17, 15) is 9.59 Å². The molecular weight excluding hydrogens is 546 g/mol. The zero-order valence-electron chi connectivity index (χ0n) is 29.2. The summed E-state index contributed by atoms with van der Waals surface area (Å²) in [4.78, 5) is 27.4. The molecule has 0 aliphatic heterocycles. The van der Waals surface area contributed by atoms with Crippen LogP contribution in [0.4, 0.5) is 0 Å². The number of nitrogens with zero attached hydrogens (tertiary/aromatic N) is 1. The lowest BCUT2D eigenvalue weighted by Crippen LogP contribution is -2.66. The third-order valence-electron chi connectivity index (χ3n) is 15.0. The summed E-state index contributed by atoms with van der Waals surface area (Å²) < 4.78 is 5.16. The number of amides is 1. The Labute approximate surface area is 266 Å². The number of carbonyl (C=O) groups excluding carboxylic acids is 2. The normalized spacial score (nSPS) is 42.9. The van der Waals surface area contributed by atoms with Gasteiger partial charge in [-0.05, 0) is 115 Å². The maximum atomic E-state index is 14.6. The first-order valence-corrected chi connectivity index (χ1v) is 17.7. The molecule has 6 nitrogen and oxygen atoms in total. The molecule has 1 heterocycles. The minimum Gasteiger partial charge on any atom is -0.467 e. The summed E-state index contributed by atoms with van der Waals surface area (Å²) in [5, 5.41) is 11.2. The SMILES string of the molecule is COC(=O)C(CC(C)C)NC(=O)[C@]12CC[C@@H](C)[C@H](C)[C@H]1C1=CC[C@@H]3[C@@]4(C)Cc5cn[nH]c5C(C)(C)[C@@H]4CC[C@@]3(C)[C@]1(C)CC2. The van der Waals surface area contributed by atoms with E-state index in [0.29, 0.717) is 30.1 Å². The predicted molar refractivity (Wildman–Crippen MR) is 175 cm³/mol. The van der Waals surface area contributed by atoms with Gasteiger partial charge in [-0.15, -0.1) is 0 Å². The highest BCUT2D eigenvalue weighted by Gasteiger charge is 2.69. The maximum Gasteiger partial charge on any atom is 0.328 e. The highest BCUT2D eigenvalue weighted by Crippen LogP contribution is 2.75. The van der Waals surface area contributed by atoms with E-state index in [2.05, 4.69) is 90.1 Å². The van der Waals surface area contributed by atoms with E-state index >= 15 is 0 Å². The molecule has 0 aromatic carbocycles. The van der Waals surface area contributed by atoms with Crippen molar-refractivity contribution in [3.8, 4) is 0 Å². The molecule has 10 atom stereocenters. The second kappa shape index (κ2) is 10.5. The first-order valence-electron chi connectivity index (χ1n) is 17.7. The summed E-state index contributed by atoms with van der Waals surface area (Å²) in [7, 11) is 1.43. The van der Waals surface area contributed by atoms with Crippen LogP contribution in [-0.4, -0.2) is 35.2 Å². The smallest absolute Gasteiger partial charge is 0.328 e. The maximum absolute atomic E-state index is 14.6. The van der Waals surface area contributed by atoms with Gasteiger partial charge in [-0.3, -0.25) is 9.89 Å². The number of H-pyrrole nitrogens is 1. The molecule has 5 aliphatic rings. The predicted octanol–water partition coefficient (Wildman–Crippen LogP) is 7.78.